The summed E-state index contributed by atoms with van der Waals surface area (Å²) >= 11 is 0. The summed E-state index contributed by atoms with van der Waals surface area (Å²) in [5.41, 5.74) is 0.546. The van der Waals surface area contributed by atoms with Crippen LogP contribution >= 0.6 is 0 Å². The van der Waals surface area contributed by atoms with Gasteiger partial charge in [0.1, 0.15) is 0 Å². The molecule has 1 atom stereocenters. The maximum atomic E-state index is 12.7. The van der Waals surface area contributed by atoms with Gasteiger partial charge in [0.2, 0.25) is 5.90 Å². The molecule has 6 heteroatoms. The molecule has 1 aliphatic heterocycles. The molecule has 2 aliphatic rings. The SMILES string of the molecule is C=C1CN(CCC2CCCCC2)CCC/C=C\C(O[C@H](C)C(F)(F)F)=N/1. The molecular weight excluding hydrogens is 341 g/mol. The number of alkyl halides is 3. The lowest BCUT2D eigenvalue weighted by Crippen LogP contribution is -2.32. The summed E-state index contributed by atoms with van der Waals surface area (Å²) in [7, 11) is 0. The quantitative estimate of drug-likeness (QED) is 0.652. The molecule has 0 aromatic rings. The molecule has 0 saturated heterocycles. The molecule has 0 N–H and O–H groups in total. The van der Waals surface area contributed by atoms with Crippen molar-refractivity contribution in [3.05, 3.63) is 24.4 Å². The van der Waals surface area contributed by atoms with Gasteiger partial charge in [-0.25, -0.2) is 4.99 Å². The Morgan fingerprint density at radius 2 is 2.00 bits per heavy atom. The molecule has 0 spiro atoms. The molecule has 0 aromatic carbocycles. The van der Waals surface area contributed by atoms with Crippen LogP contribution in [0.1, 0.15) is 58.3 Å². The van der Waals surface area contributed by atoms with Crippen LogP contribution in [0.25, 0.3) is 0 Å². The molecule has 0 amide bonds. The van der Waals surface area contributed by atoms with Crippen LogP contribution in [-0.4, -0.2) is 42.7 Å². The monoisotopic (exact) mass is 372 g/mol. The highest BCUT2D eigenvalue weighted by Gasteiger charge is 2.38. The first-order valence-electron chi connectivity index (χ1n) is 9.73. The fourth-order valence-electron chi connectivity index (χ4n) is 3.53. The Balaban J connectivity index is 1.92. The average molecular weight is 372 g/mol. The molecule has 1 fully saturated rings. The second-order valence-corrected chi connectivity index (χ2v) is 7.43. The van der Waals surface area contributed by atoms with E-state index in [9.17, 15) is 13.2 Å². The molecule has 1 aliphatic carbocycles. The summed E-state index contributed by atoms with van der Waals surface area (Å²) in [6.07, 6.45) is 6.71. The molecule has 26 heavy (non-hydrogen) atoms. The van der Waals surface area contributed by atoms with E-state index in [1.54, 1.807) is 0 Å². The predicted molar refractivity (Wildman–Crippen MR) is 99.2 cm³/mol. The molecule has 3 nitrogen and oxygen atoms in total. The van der Waals surface area contributed by atoms with Crippen LogP contribution in [0.3, 0.4) is 0 Å². The summed E-state index contributed by atoms with van der Waals surface area (Å²) in [5.74, 6) is 0.802. The maximum absolute atomic E-state index is 12.7. The van der Waals surface area contributed by atoms with Gasteiger partial charge in [0, 0.05) is 6.54 Å². The Hall–Kier alpha value is -1.30. The fraction of sp³-hybridized carbons (Fsp3) is 0.750. The van der Waals surface area contributed by atoms with Crippen molar-refractivity contribution in [2.24, 2.45) is 10.9 Å². The van der Waals surface area contributed by atoms with Gasteiger partial charge in [-0.3, -0.25) is 4.90 Å². The van der Waals surface area contributed by atoms with Crippen LogP contribution in [0.4, 0.5) is 13.2 Å². The van der Waals surface area contributed by atoms with Crippen molar-refractivity contribution < 1.29 is 17.9 Å². The van der Waals surface area contributed by atoms with Crippen LogP contribution in [0, 0.1) is 5.92 Å². The largest absolute Gasteiger partial charge is 0.465 e. The smallest absolute Gasteiger partial charge is 0.425 e. The van der Waals surface area contributed by atoms with Crippen molar-refractivity contribution in [1.82, 2.24) is 4.90 Å². The van der Waals surface area contributed by atoms with E-state index >= 15 is 0 Å². The number of rotatable bonds is 4. The number of ether oxygens (including phenoxy) is 1. The van der Waals surface area contributed by atoms with Gasteiger partial charge in [-0.1, -0.05) is 44.8 Å². The van der Waals surface area contributed by atoms with Gasteiger partial charge in [0.05, 0.1) is 5.70 Å². The van der Waals surface area contributed by atoms with Crippen LogP contribution < -0.4 is 0 Å². The third-order valence-electron chi connectivity index (χ3n) is 5.12. The molecule has 0 unspecified atom stereocenters. The number of nitrogens with zero attached hydrogens (tertiary/aromatic N) is 2. The van der Waals surface area contributed by atoms with Gasteiger partial charge in [-0.05, 0) is 51.3 Å². The lowest BCUT2D eigenvalue weighted by molar-refractivity contribution is -0.192. The normalized spacial score (nSPS) is 26.0. The van der Waals surface area contributed by atoms with Crippen molar-refractivity contribution in [3.8, 4) is 0 Å². The van der Waals surface area contributed by atoms with E-state index in [4.69, 9.17) is 4.74 Å². The lowest BCUT2D eigenvalue weighted by Gasteiger charge is -2.27. The lowest BCUT2D eigenvalue weighted by atomic mass is 9.87. The summed E-state index contributed by atoms with van der Waals surface area (Å²) in [5, 5.41) is 0. The Morgan fingerprint density at radius 1 is 1.27 bits per heavy atom. The molecule has 148 valence electrons. The average Bonchev–Trinajstić information content (AvgIpc) is 2.58. The van der Waals surface area contributed by atoms with Crippen molar-refractivity contribution in [1.29, 1.82) is 0 Å². The van der Waals surface area contributed by atoms with E-state index in [0.717, 1.165) is 38.8 Å². The van der Waals surface area contributed by atoms with Crippen molar-refractivity contribution in [2.45, 2.75) is 70.6 Å². The minimum absolute atomic E-state index is 0.00560. The minimum atomic E-state index is -4.40. The second-order valence-electron chi connectivity index (χ2n) is 7.43. The Bertz CT molecular complexity index is 508. The molecule has 0 radical (unpaired) electrons. The first kappa shape index (κ1) is 21.0. The molecule has 0 bridgehead atoms. The van der Waals surface area contributed by atoms with Gasteiger partial charge in [-0.15, -0.1) is 0 Å². The van der Waals surface area contributed by atoms with Crippen LogP contribution in [-0.2, 0) is 4.74 Å². The third-order valence-corrected chi connectivity index (χ3v) is 5.12. The van der Waals surface area contributed by atoms with E-state index in [0.29, 0.717) is 12.2 Å². The van der Waals surface area contributed by atoms with E-state index < -0.39 is 12.3 Å². The van der Waals surface area contributed by atoms with Crippen molar-refractivity contribution >= 4 is 5.90 Å². The van der Waals surface area contributed by atoms with Crippen molar-refractivity contribution in [2.75, 3.05) is 19.6 Å². The molecule has 1 saturated carbocycles. The highest BCUT2D eigenvalue weighted by molar-refractivity contribution is 5.88. The zero-order valence-corrected chi connectivity index (χ0v) is 15.7. The summed E-state index contributed by atoms with van der Waals surface area (Å²) in [4.78, 5) is 6.53. The Morgan fingerprint density at radius 3 is 2.69 bits per heavy atom. The number of hydrogen-bond donors (Lipinski definition) is 0. The van der Waals surface area contributed by atoms with E-state index in [1.807, 2.05) is 6.08 Å². The van der Waals surface area contributed by atoms with Crippen LogP contribution in [0.5, 0.6) is 0 Å². The number of halogens is 3. The number of allylic oxidation sites excluding steroid dienone is 1. The van der Waals surface area contributed by atoms with Gasteiger partial charge in [0.15, 0.2) is 6.10 Å². The Labute approximate surface area is 155 Å². The first-order valence-corrected chi connectivity index (χ1v) is 9.73. The predicted octanol–water partition coefficient (Wildman–Crippen LogP) is 5.49. The number of aliphatic imine (C=N–C) groups is 1. The summed E-state index contributed by atoms with van der Waals surface area (Å²) < 4.78 is 43.2. The molecule has 0 aromatic heterocycles. The van der Waals surface area contributed by atoms with Gasteiger partial charge >= 0.3 is 6.18 Å². The number of hydrogen-bond acceptors (Lipinski definition) is 3. The highest BCUT2D eigenvalue weighted by atomic mass is 19.4. The maximum Gasteiger partial charge on any atom is 0.425 e. The van der Waals surface area contributed by atoms with Gasteiger partial charge < -0.3 is 4.74 Å². The second kappa shape index (κ2) is 10.1. The van der Waals surface area contributed by atoms with Crippen LogP contribution in [0.15, 0.2) is 29.4 Å². The van der Waals surface area contributed by atoms with E-state index in [2.05, 4.69) is 16.5 Å². The molecular formula is C20H31F3N2O. The van der Waals surface area contributed by atoms with Gasteiger partial charge in [-0.2, -0.15) is 13.2 Å². The standard InChI is InChI=1S/C20H31F3N2O/c1-16-15-25(14-12-18-9-5-3-6-10-18)13-8-4-7-11-19(24-16)26-17(2)20(21,22)23/h7,11,17-18H,1,3-6,8-10,12-15H2,2H3/b11-7-,24-19+/t17-/m1/s1. The Kier molecular flexibility index (Phi) is 8.19. The van der Waals surface area contributed by atoms with E-state index in [1.165, 1.54) is 44.6 Å². The first-order chi connectivity index (χ1) is 12.3. The minimum Gasteiger partial charge on any atom is -0.465 e. The van der Waals surface area contributed by atoms with Crippen molar-refractivity contribution in [3.63, 3.8) is 0 Å². The zero-order chi connectivity index (χ0) is 19.0. The summed E-state index contributed by atoms with van der Waals surface area (Å²) in [6.45, 7) is 7.46. The topological polar surface area (TPSA) is 24.8 Å². The fourth-order valence-corrected chi connectivity index (χ4v) is 3.53. The van der Waals surface area contributed by atoms with Gasteiger partial charge in [0.25, 0.3) is 0 Å². The highest BCUT2D eigenvalue weighted by Crippen LogP contribution is 2.27. The van der Waals surface area contributed by atoms with Crippen LogP contribution in [0.2, 0.25) is 0 Å². The zero-order valence-electron chi connectivity index (χ0n) is 15.7. The molecule has 2 rings (SSSR count). The third kappa shape index (κ3) is 7.52. The summed E-state index contributed by atoms with van der Waals surface area (Å²) in [6, 6.07) is 0. The molecule has 1 heterocycles. The van der Waals surface area contributed by atoms with E-state index in [-0.39, 0.29) is 5.90 Å².